The van der Waals surface area contributed by atoms with Crippen molar-refractivity contribution in [2.24, 2.45) is 17.8 Å². The average molecular weight is 314 g/mol. The lowest BCUT2D eigenvalue weighted by molar-refractivity contribution is -0.117. The van der Waals surface area contributed by atoms with Gasteiger partial charge in [0, 0.05) is 30.9 Å². The van der Waals surface area contributed by atoms with Gasteiger partial charge in [-0.1, -0.05) is 6.42 Å². The minimum absolute atomic E-state index is 0.182. The van der Waals surface area contributed by atoms with Crippen LogP contribution in [0.2, 0.25) is 0 Å². The molecule has 1 aromatic carbocycles. The summed E-state index contributed by atoms with van der Waals surface area (Å²) < 4.78 is 5.38. The molecule has 0 aromatic heterocycles. The number of fused-ring (bicyclic) bond motifs is 2. The fourth-order valence-corrected chi connectivity index (χ4v) is 4.65. The van der Waals surface area contributed by atoms with Gasteiger partial charge in [0.15, 0.2) is 0 Å². The predicted octanol–water partition coefficient (Wildman–Crippen LogP) is 3.29. The van der Waals surface area contributed by atoms with E-state index in [4.69, 9.17) is 4.74 Å². The zero-order valence-electron chi connectivity index (χ0n) is 13.7. The molecular formula is C19H26N2O2. The van der Waals surface area contributed by atoms with Gasteiger partial charge in [-0.05, 0) is 61.3 Å². The van der Waals surface area contributed by atoms with E-state index in [0.29, 0.717) is 12.3 Å². The summed E-state index contributed by atoms with van der Waals surface area (Å²) in [6.07, 6.45) is 6.08. The van der Waals surface area contributed by atoms with Crippen molar-refractivity contribution in [1.29, 1.82) is 0 Å². The molecule has 124 valence electrons. The average Bonchev–Trinajstić information content (AvgIpc) is 3.19. The van der Waals surface area contributed by atoms with E-state index in [1.807, 2.05) is 12.1 Å². The highest BCUT2D eigenvalue weighted by Gasteiger charge is 2.40. The Morgan fingerprint density at radius 2 is 1.91 bits per heavy atom. The normalized spacial score (nSPS) is 29.7. The van der Waals surface area contributed by atoms with Crippen LogP contribution >= 0.6 is 0 Å². The van der Waals surface area contributed by atoms with Gasteiger partial charge in [-0.25, -0.2) is 0 Å². The number of benzene rings is 1. The lowest BCUT2D eigenvalue weighted by Gasteiger charge is -2.29. The summed E-state index contributed by atoms with van der Waals surface area (Å²) in [6.45, 7) is 3.47. The number of nitrogens with one attached hydrogen (secondary N) is 1. The summed E-state index contributed by atoms with van der Waals surface area (Å²) in [4.78, 5) is 14.6. The third kappa shape index (κ3) is 3.37. The van der Waals surface area contributed by atoms with E-state index in [1.54, 1.807) is 0 Å². The maximum atomic E-state index is 12.3. The molecule has 0 unspecified atom stereocenters. The first-order valence-corrected chi connectivity index (χ1v) is 9.00. The number of carbonyl (C=O) groups is 1. The maximum absolute atomic E-state index is 12.3. The lowest BCUT2D eigenvalue weighted by Crippen LogP contribution is -2.36. The second-order valence-corrected chi connectivity index (χ2v) is 7.33. The topological polar surface area (TPSA) is 41.6 Å². The number of anilines is 2. The molecule has 2 saturated carbocycles. The summed E-state index contributed by atoms with van der Waals surface area (Å²) in [5.41, 5.74) is 2.12. The molecule has 1 saturated heterocycles. The molecule has 4 heteroatoms. The summed E-state index contributed by atoms with van der Waals surface area (Å²) in [5, 5.41) is 3.08. The van der Waals surface area contributed by atoms with Gasteiger partial charge in [-0.3, -0.25) is 4.79 Å². The van der Waals surface area contributed by atoms with Crippen LogP contribution in [0.1, 0.15) is 32.1 Å². The van der Waals surface area contributed by atoms with E-state index < -0.39 is 0 Å². The molecule has 3 atom stereocenters. The van der Waals surface area contributed by atoms with Gasteiger partial charge in [-0.15, -0.1) is 0 Å². The van der Waals surface area contributed by atoms with Crippen LogP contribution in [0.4, 0.5) is 11.4 Å². The highest BCUT2D eigenvalue weighted by Crippen LogP contribution is 2.49. The van der Waals surface area contributed by atoms with Crippen molar-refractivity contribution in [3.63, 3.8) is 0 Å². The van der Waals surface area contributed by atoms with Crippen molar-refractivity contribution in [2.45, 2.75) is 32.1 Å². The number of hydrogen-bond donors (Lipinski definition) is 1. The Kier molecular flexibility index (Phi) is 4.25. The second kappa shape index (κ2) is 6.52. The number of ether oxygens (including phenoxy) is 1. The van der Waals surface area contributed by atoms with Gasteiger partial charge in [0.25, 0.3) is 0 Å². The van der Waals surface area contributed by atoms with Crippen LogP contribution in [0.15, 0.2) is 24.3 Å². The minimum Gasteiger partial charge on any atom is -0.378 e. The van der Waals surface area contributed by atoms with Crippen molar-refractivity contribution < 1.29 is 9.53 Å². The Labute approximate surface area is 138 Å². The first kappa shape index (κ1) is 15.0. The van der Waals surface area contributed by atoms with Crippen LogP contribution in [0, 0.1) is 17.8 Å². The molecule has 1 heterocycles. The zero-order valence-corrected chi connectivity index (χ0v) is 13.7. The van der Waals surface area contributed by atoms with Crippen molar-refractivity contribution in [3.8, 4) is 0 Å². The standard InChI is InChI=1S/C19H26N2O2/c22-19(13-16-12-14-1-2-15(16)11-14)20-17-3-5-18(6-4-17)21-7-9-23-10-8-21/h3-6,14-16H,1-2,7-13H2,(H,20,22)/t14-,15+,16-/m0/s1. The molecule has 2 bridgehead atoms. The van der Waals surface area contributed by atoms with Gasteiger partial charge in [0.2, 0.25) is 5.91 Å². The summed E-state index contributed by atoms with van der Waals surface area (Å²) in [7, 11) is 0. The number of morpholine rings is 1. The molecular weight excluding hydrogens is 288 g/mol. The fraction of sp³-hybridized carbons (Fsp3) is 0.632. The monoisotopic (exact) mass is 314 g/mol. The number of nitrogens with zero attached hydrogens (tertiary/aromatic N) is 1. The van der Waals surface area contributed by atoms with E-state index in [9.17, 15) is 4.79 Å². The van der Waals surface area contributed by atoms with Crippen LogP contribution in [-0.2, 0) is 9.53 Å². The first-order chi connectivity index (χ1) is 11.3. The molecule has 1 aliphatic heterocycles. The Balaban J connectivity index is 1.30. The predicted molar refractivity (Wildman–Crippen MR) is 91.7 cm³/mol. The van der Waals surface area contributed by atoms with Gasteiger partial charge >= 0.3 is 0 Å². The van der Waals surface area contributed by atoms with Crippen LogP contribution in [-0.4, -0.2) is 32.2 Å². The fourth-order valence-electron chi connectivity index (χ4n) is 4.65. The van der Waals surface area contributed by atoms with Gasteiger partial charge in [0.05, 0.1) is 13.2 Å². The van der Waals surface area contributed by atoms with Crippen LogP contribution in [0.5, 0.6) is 0 Å². The largest absolute Gasteiger partial charge is 0.378 e. The molecule has 2 aliphatic carbocycles. The SMILES string of the molecule is O=C(C[C@@H]1C[C@H]2CC[C@@H]1C2)Nc1ccc(N2CCOCC2)cc1. The van der Waals surface area contributed by atoms with Crippen molar-refractivity contribution in [2.75, 3.05) is 36.5 Å². The number of carbonyl (C=O) groups excluding carboxylic acids is 1. The van der Waals surface area contributed by atoms with E-state index in [-0.39, 0.29) is 5.91 Å². The van der Waals surface area contributed by atoms with Crippen molar-refractivity contribution in [3.05, 3.63) is 24.3 Å². The molecule has 1 N–H and O–H groups in total. The summed E-state index contributed by atoms with van der Waals surface area (Å²) >= 11 is 0. The van der Waals surface area contributed by atoms with Crippen LogP contribution < -0.4 is 10.2 Å². The van der Waals surface area contributed by atoms with E-state index in [0.717, 1.165) is 43.8 Å². The van der Waals surface area contributed by atoms with E-state index >= 15 is 0 Å². The zero-order chi connectivity index (χ0) is 15.6. The smallest absolute Gasteiger partial charge is 0.224 e. The molecule has 4 nitrogen and oxygen atoms in total. The Morgan fingerprint density at radius 3 is 2.57 bits per heavy atom. The van der Waals surface area contributed by atoms with Gasteiger partial charge in [0.1, 0.15) is 0 Å². The maximum Gasteiger partial charge on any atom is 0.224 e. The highest BCUT2D eigenvalue weighted by atomic mass is 16.5. The Hall–Kier alpha value is -1.55. The number of hydrogen-bond acceptors (Lipinski definition) is 3. The van der Waals surface area contributed by atoms with Crippen molar-refractivity contribution in [1.82, 2.24) is 0 Å². The Bertz CT molecular complexity index is 551. The third-order valence-electron chi connectivity index (χ3n) is 5.86. The Morgan fingerprint density at radius 1 is 1.13 bits per heavy atom. The molecule has 4 rings (SSSR count). The third-order valence-corrected chi connectivity index (χ3v) is 5.86. The molecule has 1 amide bonds. The minimum atomic E-state index is 0.182. The molecule has 0 spiro atoms. The van der Waals surface area contributed by atoms with Crippen LogP contribution in [0.3, 0.4) is 0 Å². The lowest BCUT2D eigenvalue weighted by atomic mass is 9.86. The highest BCUT2D eigenvalue weighted by molar-refractivity contribution is 5.91. The molecule has 0 radical (unpaired) electrons. The molecule has 3 fully saturated rings. The van der Waals surface area contributed by atoms with E-state index in [2.05, 4.69) is 22.3 Å². The van der Waals surface area contributed by atoms with Crippen LogP contribution in [0.25, 0.3) is 0 Å². The quantitative estimate of drug-likeness (QED) is 0.927. The second-order valence-electron chi connectivity index (χ2n) is 7.33. The van der Waals surface area contributed by atoms with E-state index in [1.165, 1.54) is 31.4 Å². The first-order valence-electron chi connectivity index (χ1n) is 9.00. The molecule has 23 heavy (non-hydrogen) atoms. The molecule has 3 aliphatic rings. The number of amides is 1. The molecule has 1 aromatic rings. The number of rotatable bonds is 4. The van der Waals surface area contributed by atoms with Crippen molar-refractivity contribution >= 4 is 17.3 Å². The van der Waals surface area contributed by atoms with Gasteiger partial charge < -0.3 is 15.0 Å². The summed E-state index contributed by atoms with van der Waals surface area (Å²) in [6, 6.07) is 8.23. The van der Waals surface area contributed by atoms with Gasteiger partial charge in [-0.2, -0.15) is 0 Å². The summed E-state index contributed by atoms with van der Waals surface area (Å²) in [5.74, 6) is 2.53.